The Morgan fingerprint density at radius 1 is 1.05 bits per heavy atom. The highest BCUT2D eigenvalue weighted by Crippen LogP contribution is 2.10. The molecule has 0 aliphatic heterocycles. The maximum absolute atomic E-state index is 12.2. The van der Waals surface area contributed by atoms with Crippen LogP contribution in [0.25, 0.3) is 0 Å². The first-order chi connectivity index (χ1) is 9.81. The zero-order valence-corrected chi connectivity index (χ0v) is 11.9. The van der Waals surface area contributed by atoms with Gasteiger partial charge in [0.1, 0.15) is 13.1 Å². The van der Waals surface area contributed by atoms with Gasteiger partial charge in [0.2, 0.25) is 0 Å². The molecule has 0 aromatic heterocycles. The first-order valence-electron chi connectivity index (χ1n) is 6.29. The van der Waals surface area contributed by atoms with Crippen LogP contribution in [0.2, 0.25) is 0 Å². The predicted octanol–water partition coefficient (Wildman–Crippen LogP) is 1.02. The van der Waals surface area contributed by atoms with Crippen LogP contribution in [0.1, 0.15) is 11.1 Å². The van der Waals surface area contributed by atoms with Gasteiger partial charge in [-0.3, -0.25) is 9.59 Å². The molecule has 0 aliphatic carbocycles. The van der Waals surface area contributed by atoms with Gasteiger partial charge in [0.05, 0.1) is 0 Å². The maximum atomic E-state index is 12.2. The van der Waals surface area contributed by atoms with Crippen molar-refractivity contribution in [2.75, 3.05) is 20.1 Å². The van der Waals surface area contributed by atoms with E-state index in [-0.39, 0.29) is 6.54 Å². The molecule has 0 saturated heterocycles. The Balaban J connectivity index is 2.80. The largest absolute Gasteiger partial charge is 0.480 e. The minimum atomic E-state index is -1.26. The van der Waals surface area contributed by atoms with Gasteiger partial charge in [-0.15, -0.1) is 0 Å². The lowest BCUT2D eigenvalue weighted by Crippen LogP contribution is -2.45. The molecule has 2 amide bonds. The molecule has 1 aromatic carbocycles. The number of urea groups is 1. The number of rotatable bonds is 6. The smallest absolute Gasteiger partial charge is 0.323 e. The van der Waals surface area contributed by atoms with Crippen molar-refractivity contribution in [1.82, 2.24) is 9.80 Å². The van der Waals surface area contributed by atoms with E-state index >= 15 is 0 Å². The van der Waals surface area contributed by atoms with Crippen LogP contribution in [0, 0.1) is 6.92 Å². The zero-order chi connectivity index (χ0) is 16.0. The highest BCUT2D eigenvalue weighted by Gasteiger charge is 2.23. The van der Waals surface area contributed by atoms with Gasteiger partial charge < -0.3 is 20.0 Å². The van der Waals surface area contributed by atoms with E-state index in [1.54, 1.807) is 0 Å². The summed E-state index contributed by atoms with van der Waals surface area (Å²) in [6, 6.07) is 6.84. The molecule has 2 N–H and O–H groups in total. The van der Waals surface area contributed by atoms with E-state index in [4.69, 9.17) is 10.2 Å². The molecule has 0 aliphatic rings. The minimum absolute atomic E-state index is 0.279. The second kappa shape index (κ2) is 7.28. The first kappa shape index (κ1) is 16.5. The van der Waals surface area contributed by atoms with Crippen LogP contribution >= 0.6 is 0 Å². The summed E-state index contributed by atoms with van der Waals surface area (Å²) in [7, 11) is 1.51. The Labute approximate surface area is 122 Å². The lowest BCUT2D eigenvalue weighted by molar-refractivity contribution is -0.140. The van der Waals surface area contributed by atoms with Crippen LogP contribution in [0.15, 0.2) is 24.3 Å². The predicted molar refractivity (Wildman–Crippen MR) is 74.9 cm³/mol. The van der Waals surface area contributed by atoms with Crippen LogP contribution in [0.4, 0.5) is 4.79 Å². The minimum Gasteiger partial charge on any atom is -0.480 e. The first-order valence-corrected chi connectivity index (χ1v) is 6.29. The van der Waals surface area contributed by atoms with E-state index in [2.05, 4.69) is 0 Å². The molecule has 0 fully saturated rings. The molecule has 114 valence electrons. The summed E-state index contributed by atoms with van der Waals surface area (Å²) < 4.78 is 0. The summed E-state index contributed by atoms with van der Waals surface area (Å²) in [5, 5.41) is 17.5. The molecule has 0 atom stereocenters. The SMILES string of the molecule is Cc1ccccc1CN(C)C(=O)N(CC(=O)O)CC(=O)O. The highest BCUT2D eigenvalue weighted by molar-refractivity contribution is 5.84. The van der Waals surface area contributed by atoms with Crippen molar-refractivity contribution >= 4 is 18.0 Å². The van der Waals surface area contributed by atoms with Crippen molar-refractivity contribution in [3.63, 3.8) is 0 Å². The van der Waals surface area contributed by atoms with Crippen molar-refractivity contribution in [2.24, 2.45) is 0 Å². The number of hydrogen-bond acceptors (Lipinski definition) is 3. The monoisotopic (exact) mass is 294 g/mol. The number of benzene rings is 1. The molecular formula is C14H18N2O5. The number of aliphatic carboxylic acids is 2. The summed E-state index contributed by atoms with van der Waals surface area (Å²) in [4.78, 5) is 35.7. The molecule has 7 nitrogen and oxygen atoms in total. The molecule has 21 heavy (non-hydrogen) atoms. The van der Waals surface area contributed by atoms with Crippen LogP contribution in [0.3, 0.4) is 0 Å². The molecule has 0 heterocycles. The Morgan fingerprint density at radius 2 is 1.57 bits per heavy atom. The molecule has 0 saturated carbocycles. The third-order valence-electron chi connectivity index (χ3n) is 2.92. The fourth-order valence-electron chi connectivity index (χ4n) is 1.87. The standard InChI is InChI=1S/C14H18N2O5/c1-10-5-3-4-6-11(10)7-15(2)14(21)16(8-12(17)18)9-13(19)20/h3-6H,7-9H2,1-2H3,(H,17,18)(H,19,20). The Morgan fingerprint density at radius 3 is 2.05 bits per heavy atom. The zero-order valence-electron chi connectivity index (χ0n) is 11.9. The third kappa shape index (κ3) is 5.13. The summed E-state index contributed by atoms with van der Waals surface area (Å²) in [6.07, 6.45) is 0. The average Bonchev–Trinajstić information content (AvgIpc) is 2.38. The highest BCUT2D eigenvalue weighted by atomic mass is 16.4. The second-order valence-corrected chi connectivity index (χ2v) is 4.71. The molecular weight excluding hydrogens is 276 g/mol. The lowest BCUT2D eigenvalue weighted by atomic mass is 10.1. The molecule has 7 heteroatoms. The Hall–Kier alpha value is -2.57. The van der Waals surface area contributed by atoms with Gasteiger partial charge in [-0.2, -0.15) is 0 Å². The van der Waals surface area contributed by atoms with Gasteiger partial charge in [0.25, 0.3) is 0 Å². The topological polar surface area (TPSA) is 98.2 Å². The number of aryl methyl sites for hydroxylation is 1. The fourth-order valence-corrected chi connectivity index (χ4v) is 1.87. The van der Waals surface area contributed by atoms with Gasteiger partial charge in [0, 0.05) is 13.6 Å². The van der Waals surface area contributed by atoms with Gasteiger partial charge in [-0.1, -0.05) is 24.3 Å². The number of carbonyl (C=O) groups excluding carboxylic acids is 1. The molecule has 1 aromatic rings. The number of carbonyl (C=O) groups is 3. The lowest BCUT2D eigenvalue weighted by Gasteiger charge is -2.26. The van der Waals surface area contributed by atoms with E-state index in [0.29, 0.717) is 0 Å². The van der Waals surface area contributed by atoms with Crippen molar-refractivity contribution in [1.29, 1.82) is 0 Å². The second-order valence-electron chi connectivity index (χ2n) is 4.71. The van der Waals surface area contributed by atoms with Crippen LogP contribution in [-0.2, 0) is 16.1 Å². The van der Waals surface area contributed by atoms with Crippen LogP contribution in [-0.4, -0.2) is 58.1 Å². The van der Waals surface area contributed by atoms with Crippen LogP contribution < -0.4 is 0 Å². The number of hydrogen-bond donors (Lipinski definition) is 2. The summed E-state index contributed by atoms with van der Waals surface area (Å²) in [6.45, 7) is 0.883. The quantitative estimate of drug-likeness (QED) is 0.816. The average molecular weight is 294 g/mol. The fraction of sp³-hybridized carbons (Fsp3) is 0.357. The molecule has 0 bridgehead atoms. The third-order valence-corrected chi connectivity index (χ3v) is 2.92. The van der Waals surface area contributed by atoms with E-state index in [0.717, 1.165) is 16.0 Å². The van der Waals surface area contributed by atoms with Crippen LogP contribution in [0.5, 0.6) is 0 Å². The van der Waals surface area contributed by atoms with Gasteiger partial charge in [-0.25, -0.2) is 4.79 Å². The van der Waals surface area contributed by atoms with Crippen molar-refractivity contribution < 1.29 is 24.6 Å². The number of amides is 2. The Kier molecular flexibility index (Phi) is 5.71. The normalized spacial score (nSPS) is 10.0. The number of nitrogens with zero attached hydrogens (tertiary/aromatic N) is 2. The van der Waals surface area contributed by atoms with Crippen molar-refractivity contribution in [2.45, 2.75) is 13.5 Å². The number of carboxylic acids is 2. The summed E-state index contributed by atoms with van der Waals surface area (Å²) in [5.41, 5.74) is 1.92. The number of carboxylic acid groups (broad SMARTS) is 2. The Bertz CT molecular complexity index is 528. The van der Waals surface area contributed by atoms with E-state index < -0.39 is 31.1 Å². The molecule has 0 spiro atoms. The van der Waals surface area contributed by atoms with Gasteiger partial charge in [-0.05, 0) is 18.1 Å². The summed E-state index contributed by atoms with van der Waals surface area (Å²) >= 11 is 0. The molecule has 0 unspecified atom stereocenters. The van der Waals surface area contributed by atoms with E-state index in [9.17, 15) is 14.4 Å². The molecule has 1 rings (SSSR count). The van der Waals surface area contributed by atoms with Gasteiger partial charge >= 0.3 is 18.0 Å². The van der Waals surface area contributed by atoms with Crippen molar-refractivity contribution in [3.05, 3.63) is 35.4 Å². The molecule has 0 radical (unpaired) electrons. The summed E-state index contributed by atoms with van der Waals surface area (Å²) in [5.74, 6) is -2.51. The van der Waals surface area contributed by atoms with E-state index in [1.807, 2.05) is 31.2 Å². The van der Waals surface area contributed by atoms with Crippen molar-refractivity contribution in [3.8, 4) is 0 Å². The maximum Gasteiger partial charge on any atom is 0.323 e. The van der Waals surface area contributed by atoms with E-state index in [1.165, 1.54) is 11.9 Å². The van der Waals surface area contributed by atoms with Gasteiger partial charge in [0.15, 0.2) is 0 Å².